The van der Waals surface area contributed by atoms with Crippen LogP contribution < -0.4 is 9.46 Å². The second-order valence-electron chi connectivity index (χ2n) is 7.36. The Bertz CT molecular complexity index is 1430. The molecule has 0 saturated carbocycles. The van der Waals surface area contributed by atoms with Crippen molar-refractivity contribution in [3.8, 4) is 5.75 Å². The van der Waals surface area contributed by atoms with Crippen LogP contribution in [-0.4, -0.2) is 26.0 Å². The van der Waals surface area contributed by atoms with E-state index in [1.165, 1.54) is 19.2 Å². The summed E-state index contributed by atoms with van der Waals surface area (Å²) in [4.78, 5) is 12.3. The molecule has 4 aromatic rings. The van der Waals surface area contributed by atoms with Crippen molar-refractivity contribution >= 4 is 26.8 Å². The summed E-state index contributed by atoms with van der Waals surface area (Å²) in [5.74, 6) is -1.62. The average molecular weight is 453 g/mol. The Balaban J connectivity index is 1.66. The fraction of sp³-hybridized carbons (Fsp3) is 0.125. The topological polar surface area (TPSA) is 77.4 Å². The fourth-order valence-electron chi connectivity index (χ4n) is 3.72. The van der Waals surface area contributed by atoms with E-state index in [1.807, 2.05) is 52.9 Å². The third-order valence-corrected chi connectivity index (χ3v) is 6.60. The maximum Gasteiger partial charge on any atom is 0.268 e. The predicted octanol–water partition coefficient (Wildman–Crippen LogP) is 4.04. The van der Waals surface area contributed by atoms with Gasteiger partial charge >= 0.3 is 0 Å². The molecule has 0 unspecified atom stereocenters. The van der Waals surface area contributed by atoms with E-state index in [4.69, 9.17) is 4.74 Å². The Morgan fingerprint density at radius 3 is 2.53 bits per heavy atom. The number of hydrogen-bond acceptors (Lipinski definition) is 4. The van der Waals surface area contributed by atoms with Gasteiger partial charge in [-0.15, -0.1) is 0 Å². The molecule has 0 aliphatic rings. The van der Waals surface area contributed by atoms with Gasteiger partial charge < -0.3 is 9.30 Å². The molecular weight excluding hydrogens is 431 g/mol. The first-order valence-electron chi connectivity index (χ1n) is 9.81. The molecule has 4 rings (SSSR count). The lowest BCUT2D eigenvalue weighted by molar-refractivity contribution is 0.0978. The van der Waals surface area contributed by atoms with Gasteiger partial charge in [-0.1, -0.05) is 36.4 Å². The quantitative estimate of drug-likeness (QED) is 0.479. The van der Waals surface area contributed by atoms with Crippen molar-refractivity contribution in [1.29, 1.82) is 0 Å². The number of nitrogens with zero attached hydrogens (tertiary/aromatic N) is 1. The summed E-state index contributed by atoms with van der Waals surface area (Å²) in [5, 5.41) is 1.10. The number of carbonyl (C=O) groups is 1. The van der Waals surface area contributed by atoms with Crippen LogP contribution in [0.2, 0.25) is 0 Å². The first-order valence-corrected chi connectivity index (χ1v) is 11.3. The summed E-state index contributed by atoms with van der Waals surface area (Å²) in [5.41, 5.74) is 3.00. The highest BCUT2D eigenvalue weighted by atomic mass is 32.2. The second kappa shape index (κ2) is 8.47. The SMILES string of the molecule is COc1ccc(Cc2cn(C)c3ccccc23)cc1C(=O)NS(=O)(=O)c1ccccc1F. The highest BCUT2D eigenvalue weighted by Gasteiger charge is 2.24. The zero-order valence-corrected chi connectivity index (χ0v) is 18.3. The van der Waals surface area contributed by atoms with Crippen LogP contribution in [0.25, 0.3) is 10.9 Å². The summed E-state index contributed by atoms with van der Waals surface area (Å²) in [7, 11) is -1.04. The van der Waals surface area contributed by atoms with Crippen LogP contribution in [0, 0.1) is 5.82 Å². The number of benzene rings is 3. The summed E-state index contributed by atoms with van der Waals surface area (Å²) in [6.45, 7) is 0. The lowest BCUT2D eigenvalue weighted by Crippen LogP contribution is -2.31. The number of para-hydroxylation sites is 1. The van der Waals surface area contributed by atoms with Gasteiger partial charge in [0.05, 0.1) is 12.7 Å². The summed E-state index contributed by atoms with van der Waals surface area (Å²) in [6, 6.07) is 17.9. The third-order valence-electron chi connectivity index (χ3n) is 5.24. The molecule has 1 aromatic heterocycles. The molecule has 1 N–H and O–H groups in total. The van der Waals surface area contributed by atoms with Crippen LogP contribution in [0.1, 0.15) is 21.5 Å². The molecule has 1 heterocycles. The van der Waals surface area contributed by atoms with E-state index < -0.39 is 26.6 Å². The Labute approximate surface area is 185 Å². The fourth-order valence-corrected chi connectivity index (χ4v) is 4.77. The van der Waals surface area contributed by atoms with Crippen LogP contribution in [0.3, 0.4) is 0 Å². The number of fused-ring (bicyclic) bond motifs is 1. The molecule has 3 aromatic carbocycles. The molecule has 0 aliphatic heterocycles. The Kier molecular flexibility index (Phi) is 5.71. The number of hydrogen-bond donors (Lipinski definition) is 1. The van der Waals surface area contributed by atoms with Crippen molar-refractivity contribution in [3.05, 3.63) is 95.4 Å². The molecule has 32 heavy (non-hydrogen) atoms. The van der Waals surface area contributed by atoms with Gasteiger partial charge in [0.25, 0.3) is 15.9 Å². The number of ether oxygens (including phenoxy) is 1. The molecule has 0 atom stereocenters. The van der Waals surface area contributed by atoms with Crippen LogP contribution >= 0.6 is 0 Å². The van der Waals surface area contributed by atoms with E-state index in [1.54, 1.807) is 12.1 Å². The Hall–Kier alpha value is -3.65. The van der Waals surface area contributed by atoms with E-state index in [0.717, 1.165) is 34.2 Å². The molecule has 0 saturated heterocycles. The second-order valence-corrected chi connectivity index (χ2v) is 9.01. The number of rotatable bonds is 6. The number of aryl methyl sites for hydroxylation is 1. The maximum atomic E-state index is 14.0. The van der Waals surface area contributed by atoms with Crippen LogP contribution in [0.5, 0.6) is 5.75 Å². The minimum atomic E-state index is -4.39. The van der Waals surface area contributed by atoms with E-state index in [0.29, 0.717) is 6.42 Å². The number of carbonyl (C=O) groups excluding carboxylic acids is 1. The number of aromatic nitrogens is 1. The molecule has 0 fully saturated rings. The van der Waals surface area contributed by atoms with Crippen LogP contribution in [0.4, 0.5) is 4.39 Å². The maximum absolute atomic E-state index is 14.0. The van der Waals surface area contributed by atoms with E-state index in [-0.39, 0.29) is 11.3 Å². The predicted molar refractivity (Wildman–Crippen MR) is 120 cm³/mol. The van der Waals surface area contributed by atoms with Gasteiger partial charge in [-0.2, -0.15) is 0 Å². The van der Waals surface area contributed by atoms with E-state index in [9.17, 15) is 17.6 Å². The molecule has 0 aliphatic carbocycles. The normalized spacial score (nSPS) is 11.5. The molecule has 0 bridgehead atoms. The highest BCUT2D eigenvalue weighted by Crippen LogP contribution is 2.26. The third kappa shape index (κ3) is 4.09. The average Bonchev–Trinajstić information content (AvgIpc) is 3.09. The van der Waals surface area contributed by atoms with Gasteiger partial charge in [0.1, 0.15) is 16.5 Å². The molecular formula is C24H21FN2O4S. The zero-order chi connectivity index (χ0) is 22.9. The Morgan fingerprint density at radius 1 is 1.06 bits per heavy atom. The molecule has 8 heteroatoms. The van der Waals surface area contributed by atoms with Gasteiger partial charge in [-0.05, 0) is 47.9 Å². The molecule has 0 radical (unpaired) electrons. The van der Waals surface area contributed by atoms with Gasteiger partial charge in [-0.25, -0.2) is 17.5 Å². The number of amides is 1. The van der Waals surface area contributed by atoms with Gasteiger partial charge in [0.2, 0.25) is 0 Å². The number of sulfonamides is 1. The minimum absolute atomic E-state index is 0.0464. The van der Waals surface area contributed by atoms with Crippen molar-refractivity contribution in [3.63, 3.8) is 0 Å². The molecule has 6 nitrogen and oxygen atoms in total. The van der Waals surface area contributed by atoms with Crippen LogP contribution in [-0.2, 0) is 23.5 Å². The van der Waals surface area contributed by atoms with Crippen LogP contribution in [0.15, 0.2) is 77.8 Å². The number of methoxy groups -OCH3 is 1. The van der Waals surface area contributed by atoms with E-state index >= 15 is 0 Å². The smallest absolute Gasteiger partial charge is 0.268 e. The molecule has 164 valence electrons. The van der Waals surface area contributed by atoms with Gasteiger partial charge in [-0.3, -0.25) is 4.79 Å². The minimum Gasteiger partial charge on any atom is -0.496 e. The van der Waals surface area contributed by atoms with Gasteiger partial charge in [0.15, 0.2) is 0 Å². The Morgan fingerprint density at radius 2 is 1.78 bits per heavy atom. The van der Waals surface area contributed by atoms with Crippen molar-refractivity contribution in [1.82, 2.24) is 9.29 Å². The summed E-state index contributed by atoms with van der Waals surface area (Å²) in [6.07, 6.45) is 2.56. The van der Waals surface area contributed by atoms with Crippen molar-refractivity contribution in [2.45, 2.75) is 11.3 Å². The first-order chi connectivity index (χ1) is 15.3. The summed E-state index contributed by atoms with van der Waals surface area (Å²) >= 11 is 0. The molecule has 1 amide bonds. The lowest BCUT2D eigenvalue weighted by atomic mass is 10.0. The number of nitrogens with one attached hydrogen (secondary N) is 1. The van der Waals surface area contributed by atoms with Crippen molar-refractivity contribution in [2.75, 3.05) is 7.11 Å². The summed E-state index contributed by atoms with van der Waals surface area (Å²) < 4.78 is 48.3. The zero-order valence-electron chi connectivity index (χ0n) is 17.5. The first kappa shape index (κ1) is 21.6. The highest BCUT2D eigenvalue weighted by molar-refractivity contribution is 7.90. The monoisotopic (exact) mass is 452 g/mol. The van der Waals surface area contributed by atoms with Gasteiger partial charge in [0, 0.05) is 24.1 Å². The standard InChI is InChI=1S/C24H21FN2O4S/c1-27-15-17(18-7-3-5-9-21(18)27)13-16-11-12-22(31-2)19(14-16)24(28)26-32(29,30)23-10-6-4-8-20(23)25/h3-12,14-15H,13H2,1-2H3,(H,26,28). The largest absolute Gasteiger partial charge is 0.496 e. The van der Waals surface area contributed by atoms with Crippen molar-refractivity contribution in [2.24, 2.45) is 7.05 Å². The number of halogens is 1. The lowest BCUT2D eigenvalue weighted by Gasteiger charge is -2.12. The van der Waals surface area contributed by atoms with E-state index in [2.05, 4.69) is 0 Å². The molecule has 0 spiro atoms. The van der Waals surface area contributed by atoms with Crippen molar-refractivity contribution < 1.29 is 22.3 Å².